The summed E-state index contributed by atoms with van der Waals surface area (Å²) in [6.07, 6.45) is 7.94. The molecule has 1 fully saturated rings. The van der Waals surface area contributed by atoms with Crippen molar-refractivity contribution >= 4 is 47.0 Å². The minimum Gasteiger partial charge on any atom is -0.801 e. The summed E-state index contributed by atoms with van der Waals surface area (Å²) in [6.45, 7) is 1.81. The molecule has 4 atom stereocenters. The molecule has 5 heterocycles. The molecule has 0 saturated carbocycles. The van der Waals surface area contributed by atoms with Crippen LogP contribution < -0.4 is 25.0 Å². The van der Waals surface area contributed by atoms with Gasteiger partial charge in [0.1, 0.15) is 35.8 Å². The number of nitrogens with zero attached hydrogens (tertiary/aromatic N) is 5. The van der Waals surface area contributed by atoms with Gasteiger partial charge in [0.25, 0.3) is 5.91 Å². The Morgan fingerprint density at radius 2 is 1.52 bits per heavy atom. The SMILES string of the molecule is C1CCC2=[N+](CC1)CCCN2.COc1ccc(C(OC[C@H]2O[C@@H](n3cnc4c(NC(=O)c5ccccc5)ncnc43)C[C@@H]2OP(C)([O-])=S)(c2ccccc2)c2ccc(OC)cc2)cc1. The highest BCUT2D eigenvalue weighted by atomic mass is 32.5. The Balaban J connectivity index is 0.000000441. The molecule has 3 aliphatic heterocycles. The number of methoxy groups -OCH3 is 2. The maximum atomic E-state index is 13.0. The van der Waals surface area contributed by atoms with E-state index in [0.717, 1.165) is 16.7 Å². The van der Waals surface area contributed by atoms with Gasteiger partial charge in [-0.1, -0.05) is 84.6 Å². The van der Waals surface area contributed by atoms with Gasteiger partial charge in [-0.3, -0.25) is 19.3 Å². The van der Waals surface area contributed by atoms with Crippen molar-refractivity contribution in [2.45, 2.75) is 62.6 Å². The molecule has 0 bridgehead atoms. The number of amides is 1. The van der Waals surface area contributed by atoms with Gasteiger partial charge in [-0.05, 0) is 85.5 Å². The Labute approximate surface area is 378 Å². The minimum absolute atomic E-state index is 0.0173. The van der Waals surface area contributed by atoms with Crippen LogP contribution in [0.25, 0.3) is 11.2 Å². The molecule has 1 saturated heterocycles. The summed E-state index contributed by atoms with van der Waals surface area (Å²) in [5, 5.41) is 6.34. The van der Waals surface area contributed by atoms with Crippen molar-refractivity contribution in [1.82, 2.24) is 24.8 Å². The van der Waals surface area contributed by atoms with E-state index in [0.29, 0.717) is 28.2 Å². The highest BCUT2D eigenvalue weighted by Crippen LogP contribution is 2.45. The Bertz CT molecular complexity index is 2510. The zero-order valence-electron chi connectivity index (χ0n) is 36.3. The summed E-state index contributed by atoms with van der Waals surface area (Å²) >= 11 is 5.26. The molecule has 64 heavy (non-hydrogen) atoms. The van der Waals surface area contributed by atoms with Crippen molar-refractivity contribution in [3.05, 3.63) is 144 Å². The predicted octanol–water partition coefficient (Wildman–Crippen LogP) is 7.04. The molecule has 3 aliphatic rings. The van der Waals surface area contributed by atoms with E-state index in [1.165, 1.54) is 70.6 Å². The molecule has 14 nitrogen and oxygen atoms in total. The number of anilines is 1. The standard InChI is InChI=1S/C39H38N5O7PS.C9H16N2/c1-47-30-18-14-28(15-19-30)39(27-12-8-5-9-13-27,29-16-20-31(48-2)21-17-29)49-23-33-32(51-52(3,46)53)22-34(50-33)44-25-42-35-36(40-24-41-37(35)44)43-38(45)26-10-6-4-7-11-26;1-2-5-9-10-6-4-8-11(9)7-3-1/h4-21,24-25,32-34H,22-23H2,1-3H3,(H,46,53)(H,40,41,43,45);1-8H2/t32-,33+,34+,52?;/m0./s1. The van der Waals surface area contributed by atoms with E-state index in [2.05, 4.69) is 30.2 Å². The predicted molar refractivity (Wildman–Crippen MR) is 248 cm³/mol. The summed E-state index contributed by atoms with van der Waals surface area (Å²) in [7, 11) is 3.24. The first-order valence-electron chi connectivity index (χ1n) is 21.6. The van der Waals surface area contributed by atoms with Gasteiger partial charge in [-0.2, -0.15) is 0 Å². The molecule has 334 valence electrons. The van der Waals surface area contributed by atoms with E-state index in [1.54, 1.807) is 49.4 Å². The topological polar surface area (TPSA) is 157 Å². The molecule has 2 aromatic heterocycles. The van der Waals surface area contributed by atoms with Gasteiger partial charge in [-0.25, -0.2) is 15.0 Å². The minimum atomic E-state index is -3.39. The molecule has 4 aromatic carbocycles. The fourth-order valence-electron chi connectivity index (χ4n) is 8.60. The van der Waals surface area contributed by atoms with Gasteiger partial charge in [0.15, 0.2) is 17.0 Å². The van der Waals surface area contributed by atoms with E-state index >= 15 is 0 Å². The van der Waals surface area contributed by atoms with Gasteiger partial charge in [0.2, 0.25) is 5.84 Å². The third kappa shape index (κ3) is 10.4. The third-order valence-corrected chi connectivity index (χ3v) is 12.7. The Morgan fingerprint density at radius 1 is 0.875 bits per heavy atom. The maximum absolute atomic E-state index is 13.0. The van der Waals surface area contributed by atoms with Crippen LogP contribution >= 0.6 is 6.49 Å². The van der Waals surface area contributed by atoms with E-state index in [9.17, 15) is 9.69 Å². The smallest absolute Gasteiger partial charge is 0.256 e. The summed E-state index contributed by atoms with van der Waals surface area (Å²) in [4.78, 5) is 39.2. The van der Waals surface area contributed by atoms with Crippen LogP contribution in [0, 0.1) is 0 Å². The highest BCUT2D eigenvalue weighted by molar-refractivity contribution is 8.08. The molecule has 16 heteroatoms. The summed E-state index contributed by atoms with van der Waals surface area (Å²) in [6, 6.07) is 34.1. The van der Waals surface area contributed by atoms with E-state index in [-0.39, 0.29) is 24.8 Å². The van der Waals surface area contributed by atoms with Crippen molar-refractivity contribution in [3.63, 3.8) is 0 Å². The average molecular weight is 904 g/mol. The fourth-order valence-corrected chi connectivity index (χ4v) is 9.64. The zero-order valence-corrected chi connectivity index (χ0v) is 38.0. The number of rotatable bonds is 13. The normalized spacial score (nSPS) is 19.6. The molecule has 6 aromatic rings. The fraction of sp³-hybridized carbons (Fsp3) is 0.354. The zero-order chi connectivity index (χ0) is 44.5. The van der Waals surface area contributed by atoms with Crippen LogP contribution in [0.4, 0.5) is 5.82 Å². The molecule has 1 unspecified atom stereocenters. The van der Waals surface area contributed by atoms with Crippen LogP contribution in [0.5, 0.6) is 11.5 Å². The quantitative estimate of drug-likeness (QED) is 0.0694. The number of ether oxygens (including phenoxy) is 4. The second-order valence-electron chi connectivity index (χ2n) is 16.0. The number of hydrogen-bond acceptors (Lipinski definition) is 12. The van der Waals surface area contributed by atoms with Gasteiger partial charge in [-0.15, -0.1) is 0 Å². The third-order valence-electron chi connectivity index (χ3n) is 11.7. The van der Waals surface area contributed by atoms with Gasteiger partial charge >= 0.3 is 0 Å². The Kier molecular flexibility index (Phi) is 14.4. The van der Waals surface area contributed by atoms with Gasteiger partial charge < -0.3 is 33.7 Å². The Morgan fingerprint density at radius 3 is 2.17 bits per heavy atom. The number of nitrogens with one attached hydrogen (secondary N) is 2. The summed E-state index contributed by atoms with van der Waals surface area (Å²) in [5.41, 5.74) is 2.71. The molecule has 1 amide bonds. The number of fused-ring (bicyclic) bond motifs is 1. The molecule has 0 radical (unpaired) electrons. The molecule has 9 rings (SSSR count). The van der Waals surface area contributed by atoms with Crippen molar-refractivity contribution in [1.29, 1.82) is 0 Å². The van der Waals surface area contributed by atoms with Crippen molar-refractivity contribution < 1.29 is 37.7 Å². The van der Waals surface area contributed by atoms with Gasteiger partial charge in [0, 0.05) is 24.8 Å². The number of aromatic nitrogens is 4. The first-order chi connectivity index (χ1) is 31.1. The average Bonchev–Trinajstić information content (AvgIpc) is 3.85. The number of hydrogen-bond donors (Lipinski definition) is 2. The van der Waals surface area contributed by atoms with Crippen LogP contribution in [0.3, 0.4) is 0 Å². The lowest BCUT2D eigenvalue weighted by molar-refractivity contribution is -0.534. The molecule has 2 N–H and O–H groups in total. The first-order valence-corrected chi connectivity index (χ1v) is 24.7. The van der Waals surface area contributed by atoms with Crippen LogP contribution in [0.15, 0.2) is 122 Å². The lowest BCUT2D eigenvalue weighted by Crippen LogP contribution is -2.40. The maximum Gasteiger partial charge on any atom is 0.256 e. The van der Waals surface area contributed by atoms with Crippen molar-refractivity contribution in [2.75, 3.05) is 52.4 Å². The van der Waals surface area contributed by atoms with Crippen LogP contribution in [0.1, 0.15) is 71.8 Å². The molecular weight excluding hydrogens is 850 g/mol. The van der Waals surface area contributed by atoms with E-state index in [4.69, 9.17) is 35.3 Å². The van der Waals surface area contributed by atoms with E-state index in [1.807, 2.05) is 84.9 Å². The monoisotopic (exact) mass is 903 g/mol. The van der Waals surface area contributed by atoms with Crippen LogP contribution in [-0.2, 0) is 31.4 Å². The highest BCUT2D eigenvalue weighted by Gasteiger charge is 2.43. The van der Waals surface area contributed by atoms with Crippen molar-refractivity contribution in [3.8, 4) is 11.5 Å². The number of benzene rings is 4. The van der Waals surface area contributed by atoms with Crippen LogP contribution in [0.2, 0.25) is 0 Å². The number of imidazole rings is 1. The Hall–Kier alpha value is -5.54. The lowest BCUT2D eigenvalue weighted by atomic mass is 9.80. The molecule has 0 spiro atoms. The largest absolute Gasteiger partial charge is 0.801 e. The first kappa shape index (κ1) is 45.0. The van der Waals surface area contributed by atoms with Crippen LogP contribution in [-0.4, -0.2) is 95.2 Å². The second-order valence-corrected chi connectivity index (χ2v) is 19.7. The molecule has 0 aliphatic carbocycles. The van der Waals surface area contributed by atoms with Crippen molar-refractivity contribution in [2.24, 2.45) is 0 Å². The second kappa shape index (κ2) is 20.5. The number of carbonyl (C=O) groups excluding carboxylic acids is 1. The summed E-state index contributed by atoms with van der Waals surface area (Å²) in [5.74, 6) is 2.84. The lowest BCUT2D eigenvalue weighted by Gasteiger charge is -2.38. The van der Waals surface area contributed by atoms with Gasteiger partial charge in [0.05, 0.1) is 52.9 Å². The summed E-state index contributed by atoms with van der Waals surface area (Å²) < 4.78 is 35.0. The number of carbonyl (C=O) groups is 1. The molecular formula is C48H54N7O7PS. The van der Waals surface area contributed by atoms with E-state index < -0.39 is 30.5 Å². The number of amidine groups is 1.